The fraction of sp³-hybridized carbons (Fsp3) is 0.500. The molecule has 0 unspecified atom stereocenters. The van der Waals surface area contributed by atoms with E-state index < -0.39 is 0 Å². The molecule has 1 amide bonds. The Morgan fingerprint density at radius 3 is 2.62 bits per heavy atom. The molecule has 5 nitrogen and oxygen atoms in total. The molecule has 1 fully saturated rings. The second kappa shape index (κ2) is 5.23. The summed E-state index contributed by atoms with van der Waals surface area (Å²) in [5.74, 6) is -0.230. The number of carbonyl (C=O) groups excluding carboxylic acids is 1. The van der Waals surface area contributed by atoms with Gasteiger partial charge in [0.15, 0.2) is 0 Å². The number of hydrazine groups is 1. The Labute approximate surface area is 98.8 Å². The van der Waals surface area contributed by atoms with Gasteiger partial charge in [-0.05, 0) is 12.8 Å². The highest BCUT2D eigenvalue weighted by Gasteiger charge is 2.14. The summed E-state index contributed by atoms with van der Waals surface area (Å²) in [6.45, 7) is 1.79. The van der Waals surface area contributed by atoms with Crippen LogP contribution in [0.3, 0.4) is 0 Å². The van der Waals surface area contributed by atoms with Crippen molar-refractivity contribution in [2.45, 2.75) is 19.3 Å². The van der Waals surface area contributed by atoms with Gasteiger partial charge < -0.3 is 0 Å². The third-order valence-corrected chi connectivity index (χ3v) is 2.66. The van der Waals surface area contributed by atoms with E-state index in [0.717, 1.165) is 25.9 Å². The molecule has 1 aromatic heterocycles. The van der Waals surface area contributed by atoms with Crippen LogP contribution in [-0.4, -0.2) is 34.0 Å². The second-order valence-electron chi connectivity index (χ2n) is 3.71. The first-order chi connectivity index (χ1) is 7.75. The van der Waals surface area contributed by atoms with Gasteiger partial charge in [0.05, 0.1) is 12.4 Å². The van der Waals surface area contributed by atoms with Crippen LogP contribution in [-0.2, 0) is 0 Å². The van der Waals surface area contributed by atoms with Crippen LogP contribution in [0, 0.1) is 0 Å². The van der Waals surface area contributed by atoms with Crippen LogP contribution in [0.5, 0.6) is 0 Å². The predicted octanol–water partition coefficient (Wildman–Crippen LogP) is 1.26. The zero-order valence-electron chi connectivity index (χ0n) is 8.82. The summed E-state index contributed by atoms with van der Waals surface area (Å²) in [4.78, 5) is 19.5. The zero-order chi connectivity index (χ0) is 11.4. The number of hydrogen-bond acceptors (Lipinski definition) is 4. The monoisotopic (exact) mass is 240 g/mol. The second-order valence-corrected chi connectivity index (χ2v) is 4.10. The van der Waals surface area contributed by atoms with E-state index in [9.17, 15) is 4.79 Å². The van der Waals surface area contributed by atoms with Gasteiger partial charge in [-0.2, -0.15) is 0 Å². The average molecular weight is 241 g/mol. The van der Waals surface area contributed by atoms with E-state index in [1.165, 1.54) is 18.8 Å². The molecule has 2 heterocycles. The molecular weight excluding hydrogens is 228 g/mol. The van der Waals surface area contributed by atoms with Gasteiger partial charge in [0.25, 0.3) is 5.91 Å². The van der Waals surface area contributed by atoms with E-state index in [-0.39, 0.29) is 16.8 Å². The SMILES string of the molecule is O=C(NN1CCCCC1)c1cnc(Cl)cn1. The number of hydrogen-bond donors (Lipinski definition) is 1. The van der Waals surface area contributed by atoms with E-state index in [1.54, 1.807) is 0 Å². The molecule has 0 spiro atoms. The molecular formula is C10H13ClN4O. The molecule has 16 heavy (non-hydrogen) atoms. The number of amides is 1. The fourth-order valence-electron chi connectivity index (χ4n) is 1.64. The molecule has 1 N–H and O–H groups in total. The van der Waals surface area contributed by atoms with Crippen molar-refractivity contribution in [1.29, 1.82) is 0 Å². The number of halogens is 1. The standard InChI is InChI=1S/C10H13ClN4O/c11-9-7-12-8(6-13-9)10(16)14-15-4-2-1-3-5-15/h6-7H,1-5H2,(H,14,16). The van der Waals surface area contributed by atoms with Gasteiger partial charge in [-0.1, -0.05) is 18.0 Å². The topological polar surface area (TPSA) is 58.1 Å². The van der Waals surface area contributed by atoms with Crippen molar-refractivity contribution in [3.05, 3.63) is 23.2 Å². The maximum absolute atomic E-state index is 11.7. The number of nitrogens with zero attached hydrogens (tertiary/aromatic N) is 3. The van der Waals surface area contributed by atoms with Crippen LogP contribution in [0.1, 0.15) is 29.8 Å². The van der Waals surface area contributed by atoms with Crippen LogP contribution in [0.2, 0.25) is 5.15 Å². The minimum absolute atomic E-state index is 0.230. The highest BCUT2D eigenvalue weighted by molar-refractivity contribution is 6.29. The first-order valence-electron chi connectivity index (χ1n) is 5.29. The summed E-state index contributed by atoms with van der Waals surface area (Å²) in [5, 5.41) is 2.21. The lowest BCUT2D eigenvalue weighted by Crippen LogP contribution is -2.45. The number of piperidine rings is 1. The molecule has 1 aliphatic heterocycles. The van der Waals surface area contributed by atoms with Crippen LogP contribution in [0.15, 0.2) is 12.4 Å². The molecule has 1 saturated heterocycles. The number of aromatic nitrogens is 2. The van der Waals surface area contributed by atoms with Gasteiger partial charge >= 0.3 is 0 Å². The highest BCUT2D eigenvalue weighted by atomic mass is 35.5. The summed E-state index contributed by atoms with van der Waals surface area (Å²) in [6.07, 6.45) is 6.21. The first kappa shape index (κ1) is 11.3. The lowest BCUT2D eigenvalue weighted by molar-refractivity contribution is 0.0744. The molecule has 6 heteroatoms. The first-order valence-corrected chi connectivity index (χ1v) is 5.67. The van der Waals surface area contributed by atoms with E-state index in [4.69, 9.17) is 11.6 Å². The van der Waals surface area contributed by atoms with Gasteiger partial charge in [0.1, 0.15) is 10.8 Å². The quantitative estimate of drug-likeness (QED) is 0.846. The molecule has 0 aliphatic carbocycles. The Morgan fingerprint density at radius 2 is 2.00 bits per heavy atom. The van der Waals surface area contributed by atoms with Crippen LogP contribution < -0.4 is 5.43 Å². The van der Waals surface area contributed by atoms with Crippen molar-refractivity contribution in [3.63, 3.8) is 0 Å². The Bertz CT molecular complexity index is 362. The van der Waals surface area contributed by atoms with E-state index in [1.807, 2.05) is 5.01 Å². The lowest BCUT2D eigenvalue weighted by atomic mass is 10.2. The fourth-order valence-corrected chi connectivity index (χ4v) is 1.73. The van der Waals surface area contributed by atoms with Crippen molar-refractivity contribution in [3.8, 4) is 0 Å². The van der Waals surface area contributed by atoms with Crippen molar-refractivity contribution in [2.75, 3.05) is 13.1 Å². The lowest BCUT2D eigenvalue weighted by Gasteiger charge is -2.26. The van der Waals surface area contributed by atoms with E-state index >= 15 is 0 Å². The molecule has 0 radical (unpaired) electrons. The minimum Gasteiger partial charge on any atom is -0.283 e. The smallest absolute Gasteiger partial charge is 0.283 e. The highest BCUT2D eigenvalue weighted by Crippen LogP contribution is 2.07. The molecule has 0 bridgehead atoms. The number of carbonyl (C=O) groups is 1. The van der Waals surface area contributed by atoms with Crippen molar-refractivity contribution < 1.29 is 4.79 Å². The van der Waals surface area contributed by atoms with Crippen molar-refractivity contribution in [2.24, 2.45) is 0 Å². The van der Waals surface area contributed by atoms with Crippen molar-refractivity contribution in [1.82, 2.24) is 20.4 Å². The van der Waals surface area contributed by atoms with Gasteiger partial charge in [0, 0.05) is 13.1 Å². The van der Waals surface area contributed by atoms with Crippen LogP contribution >= 0.6 is 11.6 Å². The molecule has 0 atom stereocenters. The van der Waals surface area contributed by atoms with Gasteiger partial charge in [-0.25, -0.2) is 15.0 Å². The molecule has 1 aromatic rings. The summed E-state index contributed by atoms with van der Waals surface area (Å²) in [7, 11) is 0. The zero-order valence-corrected chi connectivity index (χ0v) is 9.57. The third kappa shape index (κ3) is 2.90. The molecule has 1 aliphatic rings. The van der Waals surface area contributed by atoms with E-state index in [0.29, 0.717) is 0 Å². The van der Waals surface area contributed by atoms with Gasteiger partial charge in [-0.3, -0.25) is 10.2 Å². The summed E-state index contributed by atoms with van der Waals surface area (Å²) in [6, 6.07) is 0. The third-order valence-electron chi connectivity index (χ3n) is 2.47. The normalized spacial score (nSPS) is 17.1. The Kier molecular flexibility index (Phi) is 3.69. The maximum atomic E-state index is 11.7. The molecule has 0 saturated carbocycles. The van der Waals surface area contributed by atoms with Crippen LogP contribution in [0.25, 0.3) is 0 Å². The van der Waals surface area contributed by atoms with Gasteiger partial charge in [0.2, 0.25) is 0 Å². The number of nitrogens with one attached hydrogen (secondary N) is 1. The van der Waals surface area contributed by atoms with Crippen LogP contribution in [0.4, 0.5) is 0 Å². The largest absolute Gasteiger partial charge is 0.285 e. The van der Waals surface area contributed by atoms with E-state index in [2.05, 4.69) is 15.4 Å². The Morgan fingerprint density at radius 1 is 1.25 bits per heavy atom. The molecule has 0 aromatic carbocycles. The molecule has 86 valence electrons. The molecule has 2 rings (SSSR count). The minimum atomic E-state index is -0.230. The average Bonchev–Trinajstić information content (AvgIpc) is 2.31. The van der Waals surface area contributed by atoms with Gasteiger partial charge in [-0.15, -0.1) is 0 Å². The predicted molar refractivity (Wildman–Crippen MR) is 59.9 cm³/mol. The van der Waals surface area contributed by atoms with Crippen molar-refractivity contribution >= 4 is 17.5 Å². The summed E-state index contributed by atoms with van der Waals surface area (Å²) < 4.78 is 0. The summed E-state index contributed by atoms with van der Waals surface area (Å²) >= 11 is 5.59. The number of rotatable bonds is 2. The Hall–Kier alpha value is -1.20. The summed E-state index contributed by atoms with van der Waals surface area (Å²) in [5.41, 5.74) is 3.09. The Balaban J connectivity index is 1.94. The maximum Gasteiger partial charge on any atom is 0.285 e.